The highest BCUT2D eigenvalue weighted by molar-refractivity contribution is 6.28. The summed E-state index contributed by atoms with van der Waals surface area (Å²) in [4.78, 5) is 22.4. The number of nitrogens with one attached hydrogen (secondary N) is 1. The van der Waals surface area contributed by atoms with Crippen molar-refractivity contribution in [3.05, 3.63) is 11.5 Å². The summed E-state index contributed by atoms with van der Waals surface area (Å²) in [5, 5.41) is 8.64. The molecule has 2 aromatic rings. The Morgan fingerprint density at radius 3 is 2.64 bits per heavy atom. The summed E-state index contributed by atoms with van der Waals surface area (Å²) in [6, 6.07) is 0.202. The number of carbonyl (C=O) groups excluding carboxylic acids is 1. The maximum Gasteiger partial charge on any atom is 0.410 e. The van der Waals surface area contributed by atoms with Gasteiger partial charge in [-0.15, -0.1) is 0 Å². The van der Waals surface area contributed by atoms with Crippen LogP contribution in [0.4, 0.5) is 10.6 Å². The van der Waals surface area contributed by atoms with Gasteiger partial charge in [-0.2, -0.15) is 15.1 Å². The van der Waals surface area contributed by atoms with Gasteiger partial charge in [0.1, 0.15) is 11.4 Å². The number of hydrogen-bond acceptors (Lipinski definition) is 6. The molecule has 3 rings (SSSR count). The van der Waals surface area contributed by atoms with E-state index >= 15 is 0 Å². The van der Waals surface area contributed by atoms with Crippen LogP contribution in [0.15, 0.2) is 6.20 Å². The maximum atomic E-state index is 12.1. The van der Waals surface area contributed by atoms with E-state index in [1.54, 1.807) is 15.8 Å². The first kappa shape index (κ1) is 17.7. The van der Waals surface area contributed by atoms with E-state index in [0.29, 0.717) is 24.6 Å². The summed E-state index contributed by atoms with van der Waals surface area (Å²) in [6.07, 6.45) is 3.08. The Labute approximate surface area is 151 Å². The molecule has 0 unspecified atom stereocenters. The third kappa shape index (κ3) is 4.12. The standard InChI is InChI=1S/C16H23ClN6O2/c1-16(2,3)25-15(24)23-7-5-10(6-8-23)19-12-11-9-18-22(4)13(11)21-14(17)20-12/h9-10H,5-8H2,1-4H3,(H,19,20,21). The van der Waals surface area contributed by atoms with Crippen LogP contribution in [0.5, 0.6) is 0 Å². The van der Waals surface area contributed by atoms with Crippen LogP contribution in [-0.2, 0) is 11.8 Å². The monoisotopic (exact) mass is 366 g/mol. The highest BCUT2D eigenvalue weighted by Crippen LogP contribution is 2.24. The fourth-order valence-corrected chi connectivity index (χ4v) is 3.00. The minimum Gasteiger partial charge on any atom is -0.444 e. The smallest absolute Gasteiger partial charge is 0.410 e. The number of aromatic nitrogens is 4. The van der Waals surface area contributed by atoms with Crippen LogP contribution < -0.4 is 5.32 Å². The minimum atomic E-state index is -0.476. The van der Waals surface area contributed by atoms with Crippen LogP contribution in [0.2, 0.25) is 5.28 Å². The Bertz CT molecular complexity index is 777. The third-order valence-electron chi connectivity index (χ3n) is 4.05. The molecular weight excluding hydrogens is 344 g/mol. The maximum absolute atomic E-state index is 12.1. The van der Waals surface area contributed by atoms with Crippen molar-refractivity contribution in [3.8, 4) is 0 Å². The van der Waals surface area contributed by atoms with E-state index in [2.05, 4.69) is 20.4 Å². The number of carbonyl (C=O) groups is 1. The van der Waals surface area contributed by atoms with Crippen molar-refractivity contribution in [2.45, 2.75) is 45.3 Å². The lowest BCUT2D eigenvalue weighted by atomic mass is 10.1. The summed E-state index contributed by atoms with van der Waals surface area (Å²) >= 11 is 6.02. The Balaban J connectivity index is 1.64. The molecule has 0 radical (unpaired) electrons. The van der Waals surface area contributed by atoms with E-state index in [-0.39, 0.29) is 17.4 Å². The van der Waals surface area contributed by atoms with Gasteiger partial charge < -0.3 is 15.0 Å². The second-order valence-corrected chi connectivity index (χ2v) is 7.57. The van der Waals surface area contributed by atoms with Crippen LogP contribution in [-0.4, -0.2) is 55.5 Å². The fourth-order valence-electron chi connectivity index (χ4n) is 2.83. The van der Waals surface area contributed by atoms with E-state index in [1.807, 2.05) is 27.8 Å². The molecule has 1 aliphatic rings. The lowest BCUT2D eigenvalue weighted by Crippen LogP contribution is -2.44. The molecule has 0 bridgehead atoms. The molecule has 1 aliphatic heterocycles. The molecule has 136 valence electrons. The summed E-state index contributed by atoms with van der Waals surface area (Å²) in [6.45, 7) is 6.90. The van der Waals surface area contributed by atoms with Crippen molar-refractivity contribution in [2.24, 2.45) is 7.05 Å². The second-order valence-electron chi connectivity index (χ2n) is 7.23. The number of ether oxygens (including phenoxy) is 1. The van der Waals surface area contributed by atoms with Gasteiger partial charge in [0.05, 0.1) is 11.6 Å². The molecule has 3 heterocycles. The van der Waals surface area contributed by atoms with E-state index in [0.717, 1.165) is 18.2 Å². The van der Waals surface area contributed by atoms with Crippen LogP contribution in [0.1, 0.15) is 33.6 Å². The van der Waals surface area contributed by atoms with Crippen molar-refractivity contribution in [1.29, 1.82) is 0 Å². The Kier molecular flexibility index (Phi) is 4.73. The van der Waals surface area contributed by atoms with Gasteiger partial charge in [-0.1, -0.05) is 0 Å². The Hall–Kier alpha value is -2.09. The average molecular weight is 367 g/mol. The van der Waals surface area contributed by atoms with E-state index in [1.165, 1.54) is 0 Å². The number of rotatable bonds is 2. The van der Waals surface area contributed by atoms with Gasteiger partial charge in [-0.05, 0) is 45.2 Å². The SMILES string of the molecule is Cn1ncc2c(NC3CCN(C(=O)OC(C)(C)C)CC3)nc(Cl)nc21. The summed E-state index contributed by atoms with van der Waals surface area (Å²) in [5.41, 5.74) is 0.212. The first-order chi connectivity index (χ1) is 11.7. The van der Waals surface area contributed by atoms with Gasteiger partial charge in [-0.25, -0.2) is 4.79 Å². The predicted molar refractivity (Wildman–Crippen MR) is 95.8 cm³/mol. The number of anilines is 1. The van der Waals surface area contributed by atoms with Gasteiger partial charge in [-0.3, -0.25) is 4.68 Å². The highest BCUT2D eigenvalue weighted by Gasteiger charge is 2.27. The molecule has 0 spiro atoms. The summed E-state index contributed by atoms with van der Waals surface area (Å²) in [5.74, 6) is 0.679. The summed E-state index contributed by atoms with van der Waals surface area (Å²) in [7, 11) is 1.81. The van der Waals surface area contributed by atoms with Crippen molar-refractivity contribution in [1.82, 2.24) is 24.6 Å². The van der Waals surface area contributed by atoms with Crippen LogP contribution >= 0.6 is 11.6 Å². The number of piperidine rings is 1. The lowest BCUT2D eigenvalue weighted by molar-refractivity contribution is 0.0210. The Morgan fingerprint density at radius 2 is 2.00 bits per heavy atom. The molecule has 0 atom stereocenters. The molecule has 9 heteroatoms. The van der Waals surface area contributed by atoms with E-state index in [9.17, 15) is 4.79 Å². The van der Waals surface area contributed by atoms with Gasteiger partial charge in [0.25, 0.3) is 0 Å². The zero-order valence-electron chi connectivity index (χ0n) is 14.9. The largest absolute Gasteiger partial charge is 0.444 e. The first-order valence-electron chi connectivity index (χ1n) is 8.32. The molecule has 8 nitrogen and oxygen atoms in total. The fraction of sp³-hybridized carbons (Fsp3) is 0.625. The van der Waals surface area contributed by atoms with E-state index in [4.69, 9.17) is 16.3 Å². The molecule has 25 heavy (non-hydrogen) atoms. The molecule has 0 aromatic carbocycles. The van der Waals surface area contributed by atoms with Gasteiger partial charge in [0.15, 0.2) is 5.65 Å². The van der Waals surface area contributed by atoms with Crippen molar-refractivity contribution in [3.63, 3.8) is 0 Å². The van der Waals surface area contributed by atoms with Crippen molar-refractivity contribution in [2.75, 3.05) is 18.4 Å². The molecule has 0 aliphatic carbocycles. The van der Waals surface area contributed by atoms with Crippen molar-refractivity contribution < 1.29 is 9.53 Å². The van der Waals surface area contributed by atoms with Gasteiger partial charge in [0, 0.05) is 26.2 Å². The molecule has 1 fully saturated rings. The molecule has 1 N–H and O–H groups in total. The average Bonchev–Trinajstić information content (AvgIpc) is 2.88. The normalized spacial score (nSPS) is 16.3. The molecule has 1 saturated heterocycles. The number of aryl methyl sites for hydroxylation is 1. The minimum absolute atomic E-state index is 0.185. The number of hydrogen-bond donors (Lipinski definition) is 1. The summed E-state index contributed by atoms with van der Waals surface area (Å²) < 4.78 is 7.09. The lowest BCUT2D eigenvalue weighted by Gasteiger charge is -2.33. The molecule has 0 saturated carbocycles. The van der Waals surface area contributed by atoms with Gasteiger partial charge >= 0.3 is 6.09 Å². The molecule has 1 amide bonds. The zero-order chi connectivity index (χ0) is 18.2. The first-order valence-corrected chi connectivity index (χ1v) is 8.70. The number of nitrogens with zero attached hydrogens (tertiary/aromatic N) is 5. The number of fused-ring (bicyclic) bond motifs is 1. The molecular formula is C16H23ClN6O2. The predicted octanol–water partition coefficient (Wildman–Crippen LogP) is 2.83. The Morgan fingerprint density at radius 1 is 1.32 bits per heavy atom. The quantitative estimate of drug-likeness (QED) is 0.822. The zero-order valence-corrected chi connectivity index (χ0v) is 15.7. The van der Waals surface area contributed by atoms with Gasteiger partial charge in [0.2, 0.25) is 5.28 Å². The van der Waals surface area contributed by atoms with E-state index < -0.39 is 5.60 Å². The third-order valence-corrected chi connectivity index (χ3v) is 4.22. The van der Waals surface area contributed by atoms with Crippen LogP contribution in [0.25, 0.3) is 11.0 Å². The number of likely N-dealkylation sites (tertiary alicyclic amines) is 1. The second kappa shape index (κ2) is 6.67. The number of amides is 1. The topological polar surface area (TPSA) is 85.2 Å². The number of halogens is 1. The van der Waals surface area contributed by atoms with Crippen LogP contribution in [0, 0.1) is 0 Å². The highest BCUT2D eigenvalue weighted by atomic mass is 35.5. The molecule has 2 aromatic heterocycles. The van der Waals surface area contributed by atoms with Crippen LogP contribution in [0.3, 0.4) is 0 Å². The van der Waals surface area contributed by atoms with Crippen molar-refractivity contribution >= 4 is 34.5 Å².